The van der Waals surface area contributed by atoms with Gasteiger partial charge in [-0.3, -0.25) is 4.79 Å². The standard InChI is InChI=1S/C18H28O3/c1-8-9-10-14(12(2)3)11-15-16(19)18(6,20-7)17(15)21-13(4)5/h11,13H,2,8-10H2,1,3-7H3/b14-11-. The molecule has 0 N–H and O–H groups in total. The van der Waals surface area contributed by atoms with Crippen LogP contribution in [0.4, 0.5) is 0 Å². The molecule has 118 valence electrons. The van der Waals surface area contributed by atoms with Crippen LogP contribution in [0.3, 0.4) is 0 Å². The second-order valence-electron chi connectivity index (χ2n) is 6.03. The highest BCUT2D eigenvalue weighted by molar-refractivity contribution is 6.13. The van der Waals surface area contributed by atoms with Crippen molar-refractivity contribution >= 4 is 5.78 Å². The first-order chi connectivity index (χ1) is 9.77. The number of unbranched alkanes of at least 4 members (excludes halogenated alkanes) is 1. The van der Waals surface area contributed by atoms with E-state index >= 15 is 0 Å². The van der Waals surface area contributed by atoms with Crippen LogP contribution in [-0.2, 0) is 14.3 Å². The van der Waals surface area contributed by atoms with Gasteiger partial charge in [-0.1, -0.05) is 25.5 Å². The van der Waals surface area contributed by atoms with E-state index in [2.05, 4.69) is 13.5 Å². The third-order valence-corrected chi connectivity index (χ3v) is 3.78. The van der Waals surface area contributed by atoms with Gasteiger partial charge in [0.15, 0.2) is 5.60 Å². The molecule has 3 heteroatoms. The number of ether oxygens (including phenoxy) is 2. The van der Waals surface area contributed by atoms with Crippen molar-refractivity contribution in [3.05, 3.63) is 35.1 Å². The van der Waals surface area contributed by atoms with E-state index in [-0.39, 0.29) is 11.9 Å². The Morgan fingerprint density at radius 3 is 2.48 bits per heavy atom. The summed E-state index contributed by atoms with van der Waals surface area (Å²) in [6, 6.07) is 0. The lowest BCUT2D eigenvalue weighted by Gasteiger charge is -2.39. The van der Waals surface area contributed by atoms with Crippen LogP contribution >= 0.6 is 0 Å². The zero-order valence-electron chi connectivity index (χ0n) is 14.2. The molecular formula is C18H28O3. The van der Waals surface area contributed by atoms with Crippen LogP contribution < -0.4 is 0 Å². The summed E-state index contributed by atoms with van der Waals surface area (Å²) in [6.07, 6.45) is 5.07. The molecule has 1 aliphatic carbocycles. The SMILES string of the molecule is C=C(C)/C(=C\C1=C(OC(C)C)C(C)(OC)C1=O)CCCC. The third-order valence-electron chi connectivity index (χ3n) is 3.78. The molecule has 0 fully saturated rings. The summed E-state index contributed by atoms with van der Waals surface area (Å²) in [7, 11) is 1.54. The molecule has 0 radical (unpaired) electrons. The van der Waals surface area contributed by atoms with Crippen LogP contribution in [0.2, 0.25) is 0 Å². The Labute approximate surface area is 128 Å². The number of allylic oxidation sites excluding steroid dienone is 3. The zero-order valence-corrected chi connectivity index (χ0v) is 14.2. The van der Waals surface area contributed by atoms with Crippen molar-refractivity contribution in [1.82, 2.24) is 0 Å². The van der Waals surface area contributed by atoms with E-state index in [1.165, 1.54) is 0 Å². The second kappa shape index (κ2) is 7.08. The first kappa shape index (κ1) is 17.7. The quantitative estimate of drug-likeness (QED) is 0.624. The molecule has 3 nitrogen and oxygen atoms in total. The molecule has 0 spiro atoms. The molecule has 1 atom stereocenters. The van der Waals surface area contributed by atoms with Crippen LogP contribution in [-0.4, -0.2) is 24.6 Å². The second-order valence-corrected chi connectivity index (χ2v) is 6.03. The number of hydrogen-bond acceptors (Lipinski definition) is 3. The van der Waals surface area contributed by atoms with Crippen molar-refractivity contribution in [2.45, 2.75) is 65.6 Å². The van der Waals surface area contributed by atoms with E-state index < -0.39 is 5.60 Å². The fraction of sp³-hybridized carbons (Fsp3) is 0.611. The minimum Gasteiger partial charge on any atom is -0.491 e. The normalized spacial score (nSPS) is 22.6. The van der Waals surface area contributed by atoms with E-state index in [9.17, 15) is 4.79 Å². The molecule has 0 amide bonds. The summed E-state index contributed by atoms with van der Waals surface area (Å²) in [5.74, 6) is 0.621. The van der Waals surface area contributed by atoms with Gasteiger partial charge in [-0.2, -0.15) is 0 Å². The van der Waals surface area contributed by atoms with Crippen LogP contribution in [0.1, 0.15) is 53.9 Å². The van der Waals surface area contributed by atoms with Gasteiger partial charge in [-0.25, -0.2) is 0 Å². The molecule has 0 saturated carbocycles. The van der Waals surface area contributed by atoms with Crippen molar-refractivity contribution < 1.29 is 14.3 Å². The van der Waals surface area contributed by atoms with Crippen molar-refractivity contribution in [2.75, 3.05) is 7.11 Å². The predicted octanol–water partition coefficient (Wildman–Crippen LogP) is 4.35. The van der Waals surface area contributed by atoms with Crippen molar-refractivity contribution in [2.24, 2.45) is 0 Å². The maximum Gasteiger partial charge on any atom is 0.205 e. The lowest BCUT2D eigenvalue weighted by atomic mass is 9.77. The Hall–Kier alpha value is -1.35. The molecule has 21 heavy (non-hydrogen) atoms. The fourth-order valence-electron chi connectivity index (χ4n) is 2.34. The van der Waals surface area contributed by atoms with E-state index in [0.717, 1.165) is 30.4 Å². The summed E-state index contributed by atoms with van der Waals surface area (Å²) in [5.41, 5.74) is 1.80. The lowest BCUT2D eigenvalue weighted by molar-refractivity contribution is -0.142. The van der Waals surface area contributed by atoms with E-state index in [0.29, 0.717) is 11.3 Å². The van der Waals surface area contributed by atoms with E-state index in [1.807, 2.05) is 26.8 Å². The molecule has 0 saturated heterocycles. The summed E-state index contributed by atoms with van der Waals surface area (Å²) in [5, 5.41) is 0. The monoisotopic (exact) mass is 292 g/mol. The Bertz CT molecular complexity index is 483. The molecule has 0 bridgehead atoms. The number of carbonyl (C=O) groups excluding carboxylic acids is 1. The predicted molar refractivity (Wildman–Crippen MR) is 86.1 cm³/mol. The molecule has 0 heterocycles. The van der Waals surface area contributed by atoms with Gasteiger partial charge in [-0.05, 0) is 52.2 Å². The van der Waals surface area contributed by atoms with Gasteiger partial charge in [0.2, 0.25) is 5.78 Å². The third kappa shape index (κ3) is 3.65. The molecule has 0 aromatic rings. The van der Waals surface area contributed by atoms with E-state index in [1.54, 1.807) is 14.0 Å². The maximum atomic E-state index is 12.4. The molecule has 1 unspecified atom stereocenters. The number of ketones is 1. The van der Waals surface area contributed by atoms with Gasteiger partial charge in [0.1, 0.15) is 5.76 Å². The van der Waals surface area contributed by atoms with Gasteiger partial charge in [0.05, 0.1) is 11.7 Å². The van der Waals surface area contributed by atoms with Crippen molar-refractivity contribution in [3.63, 3.8) is 0 Å². The minimum atomic E-state index is -0.943. The number of carbonyl (C=O) groups is 1. The highest BCUT2D eigenvalue weighted by atomic mass is 16.6. The summed E-state index contributed by atoms with van der Waals surface area (Å²) >= 11 is 0. The number of Topliss-reactive ketones (excluding diaryl/α,β-unsaturated/α-hetero) is 1. The van der Waals surface area contributed by atoms with Crippen LogP contribution in [0.5, 0.6) is 0 Å². The lowest BCUT2D eigenvalue weighted by Crippen LogP contribution is -2.51. The highest BCUT2D eigenvalue weighted by Crippen LogP contribution is 2.41. The molecule has 0 aliphatic heterocycles. The van der Waals surface area contributed by atoms with Gasteiger partial charge in [-0.15, -0.1) is 0 Å². The van der Waals surface area contributed by atoms with Gasteiger partial charge >= 0.3 is 0 Å². The van der Waals surface area contributed by atoms with Crippen LogP contribution in [0.15, 0.2) is 35.1 Å². The molecule has 0 aromatic heterocycles. The average Bonchev–Trinajstić information content (AvgIpc) is 2.44. The highest BCUT2D eigenvalue weighted by Gasteiger charge is 2.52. The Morgan fingerprint density at radius 2 is 2.05 bits per heavy atom. The Balaban J connectivity index is 3.18. The molecular weight excluding hydrogens is 264 g/mol. The first-order valence-corrected chi connectivity index (χ1v) is 7.65. The number of hydrogen-bond donors (Lipinski definition) is 0. The molecule has 0 aromatic carbocycles. The molecule has 1 rings (SSSR count). The van der Waals surface area contributed by atoms with Crippen molar-refractivity contribution in [3.8, 4) is 0 Å². The Morgan fingerprint density at radius 1 is 1.43 bits per heavy atom. The maximum absolute atomic E-state index is 12.4. The van der Waals surface area contributed by atoms with Crippen LogP contribution in [0.25, 0.3) is 0 Å². The minimum absolute atomic E-state index is 0.00916. The zero-order chi connectivity index (χ0) is 16.2. The van der Waals surface area contributed by atoms with Crippen molar-refractivity contribution in [1.29, 1.82) is 0 Å². The van der Waals surface area contributed by atoms with Gasteiger partial charge in [0.25, 0.3) is 0 Å². The molecule has 1 aliphatic rings. The summed E-state index contributed by atoms with van der Waals surface area (Å²) in [6.45, 7) is 13.8. The van der Waals surface area contributed by atoms with E-state index in [4.69, 9.17) is 9.47 Å². The average molecular weight is 292 g/mol. The smallest absolute Gasteiger partial charge is 0.205 e. The summed E-state index contributed by atoms with van der Waals surface area (Å²) in [4.78, 5) is 12.4. The topological polar surface area (TPSA) is 35.5 Å². The number of rotatable bonds is 8. The number of methoxy groups -OCH3 is 1. The largest absolute Gasteiger partial charge is 0.491 e. The van der Waals surface area contributed by atoms with Gasteiger partial charge < -0.3 is 9.47 Å². The van der Waals surface area contributed by atoms with Gasteiger partial charge in [0, 0.05) is 7.11 Å². The Kier molecular flexibility index (Phi) is 5.97. The first-order valence-electron chi connectivity index (χ1n) is 7.65. The fourth-order valence-corrected chi connectivity index (χ4v) is 2.34. The van der Waals surface area contributed by atoms with Crippen LogP contribution in [0, 0.1) is 0 Å². The summed E-state index contributed by atoms with van der Waals surface area (Å²) < 4.78 is 11.2.